The van der Waals surface area contributed by atoms with Crippen LogP contribution in [0.3, 0.4) is 0 Å². The highest BCUT2D eigenvalue weighted by molar-refractivity contribution is 5.76. The fourth-order valence-corrected chi connectivity index (χ4v) is 11.8. The molecule has 1 saturated heterocycles. The molecule has 0 radical (unpaired) electrons. The van der Waals surface area contributed by atoms with Crippen LogP contribution in [0.25, 0.3) is 0 Å². The molecule has 0 aromatic rings. The van der Waals surface area contributed by atoms with Crippen LogP contribution in [0.5, 0.6) is 0 Å². The quantitative estimate of drug-likeness (QED) is 0.0195. The minimum absolute atomic E-state index is 0.0148. The molecule has 0 aromatic heterocycles. The summed E-state index contributed by atoms with van der Waals surface area (Å²) in [6, 6.07) is -0.831. The Bertz CT molecular complexity index is 1580. The van der Waals surface area contributed by atoms with E-state index in [0.29, 0.717) is 19.4 Å². The van der Waals surface area contributed by atoms with Crippen molar-refractivity contribution in [3.8, 4) is 0 Å². The number of hydrogen-bond donors (Lipinski definition) is 6. The molecule has 87 heavy (non-hydrogen) atoms. The molecule has 1 aliphatic rings. The van der Waals surface area contributed by atoms with E-state index in [4.69, 9.17) is 14.2 Å². The lowest BCUT2D eigenvalue weighted by atomic mass is 9.99. The molecule has 1 heterocycles. The standard InChI is InChI=1S/C76H141NO10/c1-3-5-7-9-11-13-42-46-50-54-58-62-69(79)68(67-86-76-75(84)74(83)73(82)70(66-78)87-76)77-71(80)63-59-55-51-47-44-40-38-36-34-32-30-28-26-24-22-20-18-16-15-17-19-21-23-25-27-29-31-33-35-37-39-41-45-49-53-57-61-65-85-72(81)64-60-56-52-48-43-14-12-10-8-6-4-2/h7,9,15,17,42,46,58,62,68-70,73-76,78-79,82-84H,3-6,8,10-14,16,18-41,43-45,47-57,59-61,63-67H2,1-2H3,(H,77,80)/b9-7+,17-15-,46-42+,62-58+. The number of allylic oxidation sites excluding steroid dienone is 7. The highest BCUT2D eigenvalue weighted by Gasteiger charge is 2.44. The van der Waals surface area contributed by atoms with E-state index in [1.807, 2.05) is 6.08 Å². The van der Waals surface area contributed by atoms with Gasteiger partial charge in [0.25, 0.3) is 0 Å². The van der Waals surface area contributed by atoms with Crippen molar-refractivity contribution in [1.82, 2.24) is 5.32 Å². The summed E-state index contributed by atoms with van der Waals surface area (Å²) in [5.41, 5.74) is 0. The zero-order valence-corrected chi connectivity index (χ0v) is 56.7. The summed E-state index contributed by atoms with van der Waals surface area (Å²) in [6.45, 7) is 4.28. The zero-order chi connectivity index (χ0) is 63.0. The first-order valence-electron chi connectivity index (χ1n) is 37.4. The Labute approximate surface area is 536 Å². The van der Waals surface area contributed by atoms with Crippen molar-refractivity contribution in [3.05, 3.63) is 48.6 Å². The van der Waals surface area contributed by atoms with E-state index in [-0.39, 0.29) is 18.5 Å². The second-order valence-corrected chi connectivity index (χ2v) is 26.0. The fourth-order valence-electron chi connectivity index (χ4n) is 11.8. The van der Waals surface area contributed by atoms with Crippen molar-refractivity contribution in [2.24, 2.45) is 0 Å². The van der Waals surface area contributed by atoms with Gasteiger partial charge in [0.2, 0.25) is 5.91 Å². The molecule has 0 saturated carbocycles. The highest BCUT2D eigenvalue weighted by atomic mass is 16.7. The van der Waals surface area contributed by atoms with Gasteiger partial charge in [-0.2, -0.15) is 0 Å². The number of hydrogen-bond acceptors (Lipinski definition) is 10. The number of rotatable bonds is 66. The topological polar surface area (TPSA) is 175 Å². The molecule has 0 aromatic carbocycles. The van der Waals surface area contributed by atoms with Crippen LogP contribution in [0.15, 0.2) is 48.6 Å². The Hall–Kier alpha value is -2.38. The number of ether oxygens (including phenoxy) is 3. The summed E-state index contributed by atoms with van der Waals surface area (Å²) < 4.78 is 16.7. The van der Waals surface area contributed by atoms with Crippen LogP contribution in [0.1, 0.15) is 361 Å². The van der Waals surface area contributed by atoms with Crippen molar-refractivity contribution < 1.29 is 49.3 Å². The lowest BCUT2D eigenvalue weighted by molar-refractivity contribution is -0.302. The molecule has 7 unspecified atom stereocenters. The first kappa shape index (κ1) is 82.6. The van der Waals surface area contributed by atoms with Gasteiger partial charge in [0, 0.05) is 12.8 Å². The summed E-state index contributed by atoms with van der Waals surface area (Å²) >= 11 is 0. The van der Waals surface area contributed by atoms with Crippen LogP contribution in [-0.4, -0.2) is 100 Å². The lowest BCUT2D eigenvalue weighted by Gasteiger charge is -2.40. The van der Waals surface area contributed by atoms with Crippen LogP contribution in [0.4, 0.5) is 0 Å². The maximum atomic E-state index is 13.0. The molecule has 11 heteroatoms. The summed E-state index contributed by atoms with van der Waals surface area (Å²) in [4.78, 5) is 25.1. The largest absolute Gasteiger partial charge is 0.466 e. The number of esters is 1. The molecule has 0 bridgehead atoms. The van der Waals surface area contributed by atoms with Gasteiger partial charge in [-0.25, -0.2) is 0 Å². The van der Waals surface area contributed by atoms with Crippen LogP contribution < -0.4 is 5.32 Å². The summed E-state index contributed by atoms with van der Waals surface area (Å²) in [5.74, 6) is -0.178. The van der Waals surface area contributed by atoms with Gasteiger partial charge < -0.3 is 45.1 Å². The minimum atomic E-state index is -1.58. The third-order valence-electron chi connectivity index (χ3n) is 17.6. The molecule has 1 amide bonds. The van der Waals surface area contributed by atoms with E-state index in [9.17, 15) is 35.1 Å². The Kier molecular flexibility index (Phi) is 61.9. The summed E-state index contributed by atoms with van der Waals surface area (Å²) in [5, 5.41) is 54.4. The Morgan fingerprint density at radius 2 is 0.770 bits per heavy atom. The summed E-state index contributed by atoms with van der Waals surface area (Å²) in [6.07, 6.45) is 75.8. The molecule has 510 valence electrons. The van der Waals surface area contributed by atoms with Gasteiger partial charge in [0.1, 0.15) is 24.4 Å². The average Bonchev–Trinajstić information content (AvgIpc) is 2.27. The summed E-state index contributed by atoms with van der Waals surface area (Å²) in [7, 11) is 0. The molecule has 11 nitrogen and oxygen atoms in total. The second kappa shape index (κ2) is 65.1. The molecule has 6 N–H and O–H groups in total. The van der Waals surface area contributed by atoms with E-state index >= 15 is 0 Å². The Balaban J connectivity index is 1.90. The lowest BCUT2D eigenvalue weighted by Crippen LogP contribution is -2.60. The van der Waals surface area contributed by atoms with Gasteiger partial charge in [-0.15, -0.1) is 0 Å². The molecule has 1 rings (SSSR count). The molecule has 7 atom stereocenters. The van der Waals surface area contributed by atoms with Crippen molar-refractivity contribution in [2.45, 2.75) is 403 Å². The van der Waals surface area contributed by atoms with Gasteiger partial charge in [0.15, 0.2) is 6.29 Å². The van der Waals surface area contributed by atoms with E-state index in [2.05, 4.69) is 55.6 Å². The molecule has 0 aliphatic carbocycles. The van der Waals surface area contributed by atoms with Crippen molar-refractivity contribution in [2.75, 3.05) is 19.8 Å². The predicted octanol–water partition coefficient (Wildman–Crippen LogP) is 19.5. The van der Waals surface area contributed by atoms with Gasteiger partial charge in [-0.05, 0) is 77.0 Å². The van der Waals surface area contributed by atoms with Crippen LogP contribution in [0, 0.1) is 0 Å². The van der Waals surface area contributed by atoms with Gasteiger partial charge in [-0.3, -0.25) is 9.59 Å². The van der Waals surface area contributed by atoms with E-state index in [1.54, 1.807) is 6.08 Å². The maximum absolute atomic E-state index is 13.0. The first-order chi connectivity index (χ1) is 42.7. The van der Waals surface area contributed by atoms with Crippen molar-refractivity contribution >= 4 is 11.9 Å². The monoisotopic (exact) mass is 1230 g/mol. The number of aliphatic hydroxyl groups excluding tert-OH is 5. The molecule has 0 spiro atoms. The first-order valence-corrected chi connectivity index (χ1v) is 37.4. The Morgan fingerprint density at radius 3 is 1.18 bits per heavy atom. The number of nitrogens with one attached hydrogen (secondary N) is 1. The number of carbonyl (C=O) groups is 2. The zero-order valence-electron chi connectivity index (χ0n) is 56.7. The van der Waals surface area contributed by atoms with Crippen molar-refractivity contribution in [3.63, 3.8) is 0 Å². The number of amides is 1. The van der Waals surface area contributed by atoms with Crippen molar-refractivity contribution in [1.29, 1.82) is 0 Å². The van der Waals surface area contributed by atoms with Crippen LogP contribution >= 0.6 is 0 Å². The number of carbonyl (C=O) groups excluding carboxylic acids is 2. The number of unbranched alkanes of at least 4 members (excludes halogenated alkanes) is 46. The van der Waals surface area contributed by atoms with Crippen LogP contribution in [-0.2, 0) is 23.8 Å². The Morgan fingerprint density at radius 1 is 0.414 bits per heavy atom. The SMILES string of the molecule is CCC/C=C/CC/C=C/CC/C=C/C(O)C(COC1OC(CO)C(O)C(O)C1O)NC(=O)CCCCCCCCCCCCCCCCCCC/C=C\CCCCCCCCCCCCCCCCCCOC(=O)CCCCCCCCCCCCC. The fraction of sp³-hybridized carbons (Fsp3) is 0.868. The third-order valence-corrected chi connectivity index (χ3v) is 17.6. The number of aliphatic hydroxyl groups is 5. The minimum Gasteiger partial charge on any atom is -0.466 e. The maximum Gasteiger partial charge on any atom is 0.305 e. The van der Waals surface area contributed by atoms with Gasteiger partial charge in [-0.1, -0.05) is 319 Å². The van der Waals surface area contributed by atoms with Gasteiger partial charge >= 0.3 is 5.97 Å². The molecule has 1 aliphatic heterocycles. The highest BCUT2D eigenvalue weighted by Crippen LogP contribution is 2.23. The van der Waals surface area contributed by atoms with E-state index < -0.39 is 49.5 Å². The van der Waals surface area contributed by atoms with Gasteiger partial charge in [0.05, 0.1) is 32.0 Å². The predicted molar refractivity (Wildman–Crippen MR) is 366 cm³/mol. The van der Waals surface area contributed by atoms with E-state index in [0.717, 1.165) is 70.6 Å². The van der Waals surface area contributed by atoms with E-state index in [1.165, 1.54) is 263 Å². The second-order valence-electron chi connectivity index (χ2n) is 26.0. The molecular weight excluding hydrogens is 1090 g/mol. The smallest absolute Gasteiger partial charge is 0.305 e. The van der Waals surface area contributed by atoms with Crippen LogP contribution in [0.2, 0.25) is 0 Å². The molecular formula is C76H141NO10. The molecule has 1 fully saturated rings. The third kappa shape index (κ3) is 53.9. The normalized spacial score (nSPS) is 18.1. The average molecular weight is 1230 g/mol.